The Kier molecular flexibility index (Phi) is 14.2. The van der Waals surface area contributed by atoms with E-state index in [0.29, 0.717) is 19.6 Å². The molecular formula is C35H49N3O7. The van der Waals surface area contributed by atoms with E-state index in [1.807, 2.05) is 24.3 Å². The number of carbonyl (C=O) groups is 4. The molecule has 2 aromatic carbocycles. The Bertz CT molecular complexity index is 1230. The van der Waals surface area contributed by atoms with E-state index < -0.39 is 24.2 Å². The third-order valence-electron chi connectivity index (χ3n) is 7.66. The molecule has 2 aromatic rings. The van der Waals surface area contributed by atoms with E-state index in [9.17, 15) is 19.2 Å². The van der Waals surface area contributed by atoms with Crippen molar-refractivity contribution in [2.45, 2.75) is 90.1 Å². The smallest absolute Gasteiger partial charge is 0.407 e. The van der Waals surface area contributed by atoms with Gasteiger partial charge in [-0.25, -0.2) is 9.59 Å². The van der Waals surface area contributed by atoms with Gasteiger partial charge in [0, 0.05) is 32.0 Å². The summed E-state index contributed by atoms with van der Waals surface area (Å²) in [5.41, 5.74) is 4.18. The first kappa shape index (κ1) is 35.4. The van der Waals surface area contributed by atoms with E-state index in [1.165, 1.54) is 27.2 Å². The van der Waals surface area contributed by atoms with Gasteiger partial charge in [0.1, 0.15) is 18.8 Å². The van der Waals surface area contributed by atoms with Gasteiger partial charge in [0.2, 0.25) is 5.91 Å². The summed E-state index contributed by atoms with van der Waals surface area (Å²) in [5, 5.41) is 14.6. The number of aliphatic carboxylic acids is 1. The lowest BCUT2D eigenvalue weighted by molar-refractivity contribution is -0.144. The number of amides is 3. The van der Waals surface area contributed by atoms with E-state index in [1.54, 1.807) is 20.8 Å². The van der Waals surface area contributed by atoms with Crippen molar-refractivity contribution >= 4 is 24.1 Å². The average Bonchev–Trinajstić information content (AvgIpc) is 3.30. The molecule has 246 valence electrons. The molecule has 1 aliphatic carbocycles. The molecule has 10 nitrogen and oxygen atoms in total. The van der Waals surface area contributed by atoms with Gasteiger partial charge in [-0.3, -0.25) is 9.59 Å². The number of carboxylic acids is 1. The number of alkyl carbamates (subject to hydrolysis) is 2. The van der Waals surface area contributed by atoms with Crippen LogP contribution in [0.5, 0.6) is 0 Å². The van der Waals surface area contributed by atoms with Crippen LogP contribution >= 0.6 is 0 Å². The molecular weight excluding hydrogens is 574 g/mol. The lowest BCUT2D eigenvalue weighted by atomic mass is 9.98. The lowest BCUT2D eigenvalue weighted by Gasteiger charge is -2.23. The summed E-state index contributed by atoms with van der Waals surface area (Å²) in [4.78, 5) is 49.1. The van der Waals surface area contributed by atoms with Crippen molar-refractivity contribution in [1.29, 1.82) is 0 Å². The molecule has 0 aliphatic heterocycles. The molecule has 10 heteroatoms. The highest BCUT2D eigenvalue weighted by molar-refractivity contribution is 5.81. The number of benzene rings is 2. The first-order valence-corrected chi connectivity index (χ1v) is 16.1. The number of nitrogens with zero attached hydrogens (tertiary/aromatic N) is 1. The summed E-state index contributed by atoms with van der Waals surface area (Å²) in [6.45, 7) is 5.99. The maximum absolute atomic E-state index is 12.6. The van der Waals surface area contributed by atoms with Crippen molar-refractivity contribution in [2.75, 3.05) is 32.8 Å². The minimum Gasteiger partial charge on any atom is -0.480 e. The van der Waals surface area contributed by atoms with Crippen LogP contribution in [0.25, 0.3) is 11.1 Å². The molecule has 0 saturated carbocycles. The molecule has 3 N–H and O–H groups in total. The van der Waals surface area contributed by atoms with Crippen molar-refractivity contribution in [3.8, 4) is 11.1 Å². The number of carboxylic acid groups (broad SMARTS) is 1. The van der Waals surface area contributed by atoms with Gasteiger partial charge in [-0.2, -0.15) is 0 Å². The molecule has 0 radical (unpaired) electrons. The Balaban J connectivity index is 1.19. The molecule has 1 aliphatic rings. The second kappa shape index (κ2) is 18.0. The molecule has 0 aromatic heterocycles. The zero-order chi connectivity index (χ0) is 32.7. The van der Waals surface area contributed by atoms with Gasteiger partial charge < -0.3 is 30.1 Å². The maximum Gasteiger partial charge on any atom is 0.407 e. The Morgan fingerprint density at radius 3 is 1.87 bits per heavy atom. The summed E-state index contributed by atoms with van der Waals surface area (Å²) in [5.74, 6) is -1.26. The topological polar surface area (TPSA) is 134 Å². The normalized spacial score (nSPS) is 12.2. The fourth-order valence-electron chi connectivity index (χ4n) is 5.52. The standard InChI is InChI=1S/C35H49N3O7/c1-35(2,3)45-34(43)37-22-23-38(24-32(40)41)31(39)20-10-8-6-4-5-7-9-15-21-36-33(42)44-25-30-28-18-13-11-16-26(28)27-17-12-14-19-29(27)30/h11-14,16-19,30H,4-10,15,20-25H2,1-3H3,(H,36,42)(H,37,43)(H,40,41). The van der Waals surface area contributed by atoms with Gasteiger partial charge in [0.15, 0.2) is 0 Å². The quantitative estimate of drug-likeness (QED) is 0.162. The van der Waals surface area contributed by atoms with Crippen LogP contribution in [-0.4, -0.2) is 72.5 Å². The number of unbranched alkanes of at least 4 members (excludes halogenated alkanes) is 7. The number of rotatable bonds is 18. The average molecular weight is 624 g/mol. The van der Waals surface area contributed by atoms with Gasteiger partial charge in [-0.15, -0.1) is 0 Å². The second-order valence-electron chi connectivity index (χ2n) is 12.5. The monoisotopic (exact) mass is 623 g/mol. The van der Waals surface area contributed by atoms with Crippen molar-refractivity contribution < 1.29 is 33.8 Å². The van der Waals surface area contributed by atoms with Crippen LogP contribution in [0.1, 0.15) is 95.6 Å². The van der Waals surface area contributed by atoms with Crippen LogP contribution in [0.3, 0.4) is 0 Å². The molecule has 0 bridgehead atoms. The number of nitrogens with one attached hydrogen (secondary N) is 2. The fourth-order valence-corrected chi connectivity index (χ4v) is 5.52. The minimum atomic E-state index is -1.09. The third-order valence-corrected chi connectivity index (χ3v) is 7.66. The number of hydrogen-bond acceptors (Lipinski definition) is 6. The van der Waals surface area contributed by atoms with Crippen LogP contribution in [0.15, 0.2) is 48.5 Å². The van der Waals surface area contributed by atoms with Gasteiger partial charge in [-0.05, 0) is 55.9 Å². The molecule has 0 atom stereocenters. The highest BCUT2D eigenvalue weighted by Gasteiger charge is 2.29. The zero-order valence-electron chi connectivity index (χ0n) is 26.9. The van der Waals surface area contributed by atoms with Crippen LogP contribution in [0, 0.1) is 0 Å². The van der Waals surface area contributed by atoms with Crippen molar-refractivity contribution in [3.05, 3.63) is 59.7 Å². The SMILES string of the molecule is CC(C)(C)OC(=O)NCCN(CC(=O)O)C(=O)CCCCCCCCCCNC(=O)OCC1c2ccccc2-c2ccccc21. The predicted octanol–water partition coefficient (Wildman–Crippen LogP) is 6.47. The van der Waals surface area contributed by atoms with Crippen LogP contribution in [0.4, 0.5) is 9.59 Å². The lowest BCUT2D eigenvalue weighted by Crippen LogP contribution is -2.42. The molecule has 0 spiro atoms. The molecule has 0 fully saturated rings. The van der Waals surface area contributed by atoms with E-state index in [-0.39, 0.29) is 37.4 Å². The molecule has 45 heavy (non-hydrogen) atoms. The summed E-state index contributed by atoms with van der Waals surface area (Å²) < 4.78 is 10.8. The Hall–Kier alpha value is -4.08. The number of fused-ring (bicyclic) bond motifs is 3. The van der Waals surface area contributed by atoms with Crippen molar-refractivity contribution in [3.63, 3.8) is 0 Å². The third kappa shape index (κ3) is 12.4. The Morgan fingerprint density at radius 1 is 0.756 bits per heavy atom. The number of carbonyl (C=O) groups excluding carboxylic acids is 3. The van der Waals surface area contributed by atoms with E-state index in [0.717, 1.165) is 44.9 Å². The van der Waals surface area contributed by atoms with Crippen LogP contribution in [-0.2, 0) is 19.1 Å². The van der Waals surface area contributed by atoms with Gasteiger partial charge in [0.25, 0.3) is 0 Å². The minimum absolute atomic E-state index is 0.0538. The summed E-state index contributed by atoms with van der Waals surface area (Å²) >= 11 is 0. The molecule has 0 heterocycles. The number of ether oxygens (including phenoxy) is 2. The summed E-state index contributed by atoms with van der Waals surface area (Å²) in [7, 11) is 0. The molecule has 0 saturated heterocycles. The summed E-state index contributed by atoms with van der Waals surface area (Å²) in [6.07, 6.45) is 7.01. The fraction of sp³-hybridized carbons (Fsp3) is 0.543. The van der Waals surface area contributed by atoms with E-state index in [4.69, 9.17) is 14.6 Å². The van der Waals surface area contributed by atoms with E-state index >= 15 is 0 Å². The molecule has 3 amide bonds. The van der Waals surface area contributed by atoms with Crippen LogP contribution < -0.4 is 10.6 Å². The van der Waals surface area contributed by atoms with Gasteiger partial charge in [-0.1, -0.05) is 87.1 Å². The Morgan fingerprint density at radius 2 is 1.29 bits per heavy atom. The zero-order valence-corrected chi connectivity index (χ0v) is 26.9. The van der Waals surface area contributed by atoms with Gasteiger partial charge >= 0.3 is 18.2 Å². The maximum atomic E-state index is 12.6. The molecule has 0 unspecified atom stereocenters. The first-order chi connectivity index (χ1) is 21.5. The molecule has 3 rings (SSSR count). The highest BCUT2D eigenvalue weighted by atomic mass is 16.6. The largest absolute Gasteiger partial charge is 0.480 e. The van der Waals surface area contributed by atoms with E-state index in [2.05, 4.69) is 34.9 Å². The van der Waals surface area contributed by atoms with Crippen molar-refractivity contribution in [1.82, 2.24) is 15.5 Å². The summed E-state index contributed by atoms with van der Waals surface area (Å²) in [6, 6.07) is 16.6. The van der Waals surface area contributed by atoms with Crippen molar-refractivity contribution in [2.24, 2.45) is 0 Å². The second-order valence-corrected chi connectivity index (χ2v) is 12.5. The van der Waals surface area contributed by atoms with Crippen LogP contribution in [0.2, 0.25) is 0 Å². The highest BCUT2D eigenvalue weighted by Crippen LogP contribution is 2.44. The first-order valence-electron chi connectivity index (χ1n) is 16.1. The van der Waals surface area contributed by atoms with Gasteiger partial charge in [0.05, 0.1) is 0 Å². The Labute approximate surface area is 266 Å². The predicted molar refractivity (Wildman–Crippen MR) is 173 cm³/mol. The number of hydrogen-bond donors (Lipinski definition) is 3.